The van der Waals surface area contributed by atoms with Gasteiger partial charge in [-0.25, -0.2) is 0 Å². The first-order chi connectivity index (χ1) is 11.6. The van der Waals surface area contributed by atoms with Crippen molar-refractivity contribution in [1.82, 2.24) is 0 Å². The first-order valence-electron chi connectivity index (χ1n) is 7.34. The van der Waals surface area contributed by atoms with Crippen molar-refractivity contribution >= 4 is 29.0 Å². The number of rotatable bonds is 4. The molecule has 0 saturated carbocycles. The normalized spacial score (nSPS) is 10.3. The third kappa shape index (κ3) is 3.88. The average Bonchev–Trinajstić information content (AvgIpc) is 2.59. The molecular weight excluding hydrogens is 320 g/mol. The number of hydrogen-bond donors (Lipinski definition) is 3. The number of phenolic OH excluding ortho intramolecular Hbond substituents is 1. The summed E-state index contributed by atoms with van der Waals surface area (Å²) in [5, 5.41) is 12.1. The van der Waals surface area contributed by atoms with E-state index in [9.17, 15) is 9.90 Å². The molecule has 0 aliphatic carbocycles. The first-order valence-corrected chi connectivity index (χ1v) is 8.16. The maximum atomic E-state index is 12.3. The maximum Gasteiger partial charge on any atom is 0.255 e. The van der Waals surface area contributed by atoms with Crippen LogP contribution < -0.4 is 11.1 Å². The van der Waals surface area contributed by atoms with Crippen LogP contribution in [-0.2, 0) is 0 Å². The number of para-hydroxylation sites is 1. The van der Waals surface area contributed by atoms with E-state index in [4.69, 9.17) is 5.73 Å². The number of hydrogen-bond acceptors (Lipinski definition) is 4. The number of aromatic hydroxyl groups is 1. The van der Waals surface area contributed by atoms with E-state index in [0.29, 0.717) is 11.3 Å². The Morgan fingerprint density at radius 2 is 1.67 bits per heavy atom. The topological polar surface area (TPSA) is 75.4 Å². The lowest BCUT2D eigenvalue weighted by Crippen LogP contribution is -2.12. The van der Waals surface area contributed by atoms with Gasteiger partial charge in [0.2, 0.25) is 0 Å². The lowest BCUT2D eigenvalue weighted by Gasteiger charge is -2.09. The Labute approximate surface area is 144 Å². The molecule has 0 bridgehead atoms. The number of anilines is 2. The molecule has 0 radical (unpaired) electrons. The number of carbonyl (C=O) groups is 1. The van der Waals surface area contributed by atoms with Crippen LogP contribution in [0.4, 0.5) is 11.4 Å². The quantitative estimate of drug-likeness (QED) is 0.618. The third-order valence-electron chi connectivity index (χ3n) is 3.37. The summed E-state index contributed by atoms with van der Waals surface area (Å²) in [5.74, 6) is 0.0225. The molecule has 0 spiro atoms. The van der Waals surface area contributed by atoms with Crippen LogP contribution in [0.3, 0.4) is 0 Å². The summed E-state index contributed by atoms with van der Waals surface area (Å²) in [6.45, 7) is 0. The van der Waals surface area contributed by atoms with Gasteiger partial charge in [-0.15, -0.1) is 0 Å². The van der Waals surface area contributed by atoms with Crippen molar-refractivity contribution in [1.29, 1.82) is 0 Å². The monoisotopic (exact) mass is 336 g/mol. The molecule has 0 fully saturated rings. The second-order valence-electron chi connectivity index (χ2n) is 5.17. The highest BCUT2D eigenvalue weighted by atomic mass is 32.2. The summed E-state index contributed by atoms with van der Waals surface area (Å²) in [7, 11) is 0. The molecule has 0 heterocycles. The molecule has 3 rings (SSSR count). The van der Waals surface area contributed by atoms with E-state index in [0.717, 1.165) is 15.5 Å². The third-order valence-corrected chi connectivity index (χ3v) is 4.47. The van der Waals surface area contributed by atoms with Gasteiger partial charge in [0.1, 0.15) is 5.75 Å². The number of benzene rings is 3. The molecule has 0 aliphatic heterocycles. The Morgan fingerprint density at radius 3 is 2.33 bits per heavy atom. The molecule has 0 unspecified atom stereocenters. The van der Waals surface area contributed by atoms with Gasteiger partial charge in [-0.3, -0.25) is 4.79 Å². The van der Waals surface area contributed by atoms with Crippen molar-refractivity contribution in [3.8, 4) is 5.75 Å². The van der Waals surface area contributed by atoms with Gasteiger partial charge in [0.15, 0.2) is 0 Å². The molecular formula is C19H16N2O2S. The van der Waals surface area contributed by atoms with Crippen LogP contribution in [0.1, 0.15) is 10.4 Å². The fraction of sp³-hybridized carbons (Fsp3) is 0. The SMILES string of the molecule is Nc1cc(C(=O)Nc2ccccc2)ccc1Sc1ccc(O)cc1. The minimum Gasteiger partial charge on any atom is -0.508 e. The standard InChI is InChI=1S/C19H16N2O2S/c20-17-12-13(19(23)21-14-4-2-1-3-5-14)6-11-18(17)24-16-9-7-15(22)8-10-16/h1-12,22H,20H2,(H,21,23). The average molecular weight is 336 g/mol. The Kier molecular flexibility index (Phi) is 4.72. The molecule has 3 aromatic rings. The second-order valence-corrected chi connectivity index (χ2v) is 6.28. The fourth-order valence-corrected chi connectivity index (χ4v) is 2.99. The van der Waals surface area contributed by atoms with E-state index in [1.165, 1.54) is 11.8 Å². The molecule has 5 heteroatoms. The summed E-state index contributed by atoms with van der Waals surface area (Å²) in [6, 6.07) is 21.4. The minimum absolute atomic E-state index is 0.200. The van der Waals surface area contributed by atoms with Gasteiger partial charge < -0.3 is 16.2 Å². The van der Waals surface area contributed by atoms with Crippen LogP contribution >= 0.6 is 11.8 Å². The largest absolute Gasteiger partial charge is 0.508 e. The summed E-state index contributed by atoms with van der Waals surface area (Å²) in [5.41, 5.74) is 7.86. The van der Waals surface area contributed by atoms with E-state index < -0.39 is 0 Å². The molecule has 0 aromatic heterocycles. The van der Waals surface area contributed by atoms with Gasteiger partial charge in [-0.1, -0.05) is 30.0 Å². The van der Waals surface area contributed by atoms with Gasteiger partial charge in [0, 0.05) is 26.7 Å². The minimum atomic E-state index is -0.200. The number of amides is 1. The highest BCUT2D eigenvalue weighted by Crippen LogP contribution is 2.33. The van der Waals surface area contributed by atoms with E-state index in [2.05, 4.69) is 5.32 Å². The van der Waals surface area contributed by atoms with Crippen LogP contribution in [0, 0.1) is 0 Å². The van der Waals surface area contributed by atoms with Crippen molar-refractivity contribution in [2.45, 2.75) is 9.79 Å². The number of nitrogens with two attached hydrogens (primary N) is 1. The van der Waals surface area contributed by atoms with Gasteiger partial charge >= 0.3 is 0 Å². The van der Waals surface area contributed by atoms with Gasteiger partial charge in [0.25, 0.3) is 5.91 Å². The predicted molar refractivity (Wildman–Crippen MR) is 97.5 cm³/mol. The van der Waals surface area contributed by atoms with Crippen molar-refractivity contribution < 1.29 is 9.90 Å². The second kappa shape index (κ2) is 7.10. The maximum absolute atomic E-state index is 12.3. The van der Waals surface area contributed by atoms with E-state index in [1.807, 2.05) is 48.5 Å². The molecule has 4 nitrogen and oxygen atoms in total. The first kappa shape index (κ1) is 16.0. The van der Waals surface area contributed by atoms with Gasteiger partial charge in [-0.05, 0) is 54.6 Å². The Balaban J connectivity index is 1.74. The van der Waals surface area contributed by atoms with Crippen LogP contribution in [0.5, 0.6) is 5.75 Å². The van der Waals surface area contributed by atoms with Crippen molar-refractivity contribution in [2.24, 2.45) is 0 Å². The molecule has 0 aliphatic rings. The zero-order chi connectivity index (χ0) is 16.9. The van der Waals surface area contributed by atoms with E-state index >= 15 is 0 Å². The molecule has 4 N–H and O–H groups in total. The van der Waals surface area contributed by atoms with Crippen LogP contribution in [0.25, 0.3) is 0 Å². The zero-order valence-corrected chi connectivity index (χ0v) is 13.6. The van der Waals surface area contributed by atoms with Crippen LogP contribution in [0.15, 0.2) is 82.6 Å². The van der Waals surface area contributed by atoms with Crippen molar-refractivity contribution in [2.75, 3.05) is 11.1 Å². The number of nitrogen functional groups attached to an aromatic ring is 1. The lowest BCUT2D eigenvalue weighted by atomic mass is 10.2. The predicted octanol–water partition coefficient (Wildman–Crippen LogP) is 4.38. The summed E-state index contributed by atoms with van der Waals surface area (Å²) in [6.07, 6.45) is 0. The summed E-state index contributed by atoms with van der Waals surface area (Å²) in [4.78, 5) is 14.1. The molecule has 3 aromatic carbocycles. The van der Waals surface area contributed by atoms with Gasteiger partial charge in [0.05, 0.1) is 0 Å². The molecule has 120 valence electrons. The number of phenols is 1. The van der Waals surface area contributed by atoms with E-state index in [-0.39, 0.29) is 11.7 Å². The Bertz CT molecular complexity index is 849. The number of carbonyl (C=O) groups excluding carboxylic acids is 1. The van der Waals surface area contributed by atoms with E-state index in [1.54, 1.807) is 24.3 Å². The van der Waals surface area contributed by atoms with Crippen molar-refractivity contribution in [3.05, 3.63) is 78.4 Å². The molecule has 1 amide bonds. The fourth-order valence-electron chi connectivity index (χ4n) is 2.15. The van der Waals surface area contributed by atoms with Gasteiger partial charge in [-0.2, -0.15) is 0 Å². The lowest BCUT2D eigenvalue weighted by molar-refractivity contribution is 0.102. The highest BCUT2D eigenvalue weighted by molar-refractivity contribution is 7.99. The van der Waals surface area contributed by atoms with Crippen LogP contribution in [-0.4, -0.2) is 11.0 Å². The Hall–Kier alpha value is -2.92. The molecule has 0 saturated heterocycles. The molecule has 24 heavy (non-hydrogen) atoms. The smallest absolute Gasteiger partial charge is 0.255 e. The highest BCUT2D eigenvalue weighted by Gasteiger charge is 2.09. The summed E-state index contributed by atoms with van der Waals surface area (Å²) >= 11 is 1.48. The number of nitrogens with one attached hydrogen (secondary N) is 1. The van der Waals surface area contributed by atoms with Crippen molar-refractivity contribution in [3.63, 3.8) is 0 Å². The zero-order valence-electron chi connectivity index (χ0n) is 12.8. The Morgan fingerprint density at radius 1 is 0.958 bits per heavy atom. The van der Waals surface area contributed by atoms with Crippen LogP contribution in [0.2, 0.25) is 0 Å². The molecule has 0 atom stereocenters. The summed E-state index contributed by atoms with van der Waals surface area (Å²) < 4.78 is 0.